The number of hydrogen-bond donors (Lipinski definition) is 1. The summed E-state index contributed by atoms with van der Waals surface area (Å²) in [6.07, 6.45) is 1.05. The minimum absolute atomic E-state index is 0.209. The second-order valence-corrected chi connectivity index (χ2v) is 4.17. The molecule has 0 aliphatic rings. The van der Waals surface area contributed by atoms with Crippen LogP contribution in [0.5, 0.6) is 0 Å². The molecule has 0 aromatic heterocycles. The zero-order valence-corrected chi connectivity index (χ0v) is 10.6. The molecule has 0 heterocycles. The van der Waals surface area contributed by atoms with Gasteiger partial charge in [0.2, 0.25) is 5.91 Å². The Labute approximate surface area is 102 Å². The molecule has 0 fully saturated rings. The average Bonchev–Trinajstić information content (AvgIpc) is 2.35. The number of carbonyl (C=O) groups is 1. The van der Waals surface area contributed by atoms with Crippen LogP contribution in [0.3, 0.4) is 0 Å². The van der Waals surface area contributed by atoms with Gasteiger partial charge in [-0.25, -0.2) is 0 Å². The number of benzene rings is 1. The highest BCUT2D eigenvalue weighted by Gasteiger charge is 2.35. The number of aryl methyl sites for hydroxylation is 1. The summed E-state index contributed by atoms with van der Waals surface area (Å²) in [5.74, 6) is -0.209. The number of rotatable bonds is 4. The number of amides is 1. The Morgan fingerprint density at radius 1 is 1.35 bits per heavy atom. The predicted octanol–water partition coefficient (Wildman–Crippen LogP) is 3.26. The smallest absolute Gasteiger partial charge is 0.244 e. The molecule has 0 aliphatic heterocycles. The van der Waals surface area contributed by atoms with E-state index in [9.17, 15) is 10.1 Å². The average molecular weight is 230 g/mol. The first-order valence-electron chi connectivity index (χ1n) is 5.88. The van der Waals surface area contributed by atoms with Crippen molar-refractivity contribution >= 4 is 11.6 Å². The van der Waals surface area contributed by atoms with Crippen LogP contribution in [-0.2, 0) is 4.79 Å². The third-order valence-corrected chi connectivity index (χ3v) is 3.25. The molecular weight excluding hydrogens is 212 g/mol. The molecule has 1 aromatic rings. The lowest BCUT2D eigenvalue weighted by Crippen LogP contribution is -2.34. The molecule has 0 radical (unpaired) electrons. The maximum Gasteiger partial charge on any atom is 0.244 e. The van der Waals surface area contributed by atoms with E-state index >= 15 is 0 Å². The van der Waals surface area contributed by atoms with E-state index in [0.717, 1.165) is 11.3 Å². The van der Waals surface area contributed by atoms with Gasteiger partial charge in [0.25, 0.3) is 0 Å². The zero-order valence-electron chi connectivity index (χ0n) is 10.6. The van der Waals surface area contributed by atoms with Crippen molar-refractivity contribution in [1.82, 2.24) is 0 Å². The number of nitriles is 1. The Kier molecular flexibility index (Phi) is 4.28. The third-order valence-electron chi connectivity index (χ3n) is 3.25. The van der Waals surface area contributed by atoms with Gasteiger partial charge in [-0.2, -0.15) is 5.26 Å². The Morgan fingerprint density at radius 2 is 1.94 bits per heavy atom. The van der Waals surface area contributed by atoms with Crippen LogP contribution in [0.4, 0.5) is 5.69 Å². The molecule has 1 N–H and O–H groups in total. The second-order valence-electron chi connectivity index (χ2n) is 4.17. The van der Waals surface area contributed by atoms with Crippen LogP contribution in [0.25, 0.3) is 0 Å². The first kappa shape index (κ1) is 13.2. The molecule has 0 saturated heterocycles. The van der Waals surface area contributed by atoms with E-state index in [-0.39, 0.29) is 5.91 Å². The molecule has 1 amide bonds. The van der Waals surface area contributed by atoms with E-state index < -0.39 is 5.41 Å². The van der Waals surface area contributed by atoms with Crippen molar-refractivity contribution in [2.75, 3.05) is 5.32 Å². The number of para-hydroxylation sites is 1. The molecule has 1 rings (SSSR count). The Balaban J connectivity index is 2.93. The van der Waals surface area contributed by atoms with Crippen LogP contribution >= 0.6 is 0 Å². The normalized spacial score (nSPS) is 10.7. The molecule has 0 unspecified atom stereocenters. The largest absolute Gasteiger partial charge is 0.324 e. The van der Waals surface area contributed by atoms with Crippen molar-refractivity contribution in [3.8, 4) is 6.07 Å². The zero-order chi connectivity index (χ0) is 12.9. The van der Waals surface area contributed by atoms with Crippen LogP contribution < -0.4 is 5.32 Å². The third kappa shape index (κ3) is 2.65. The van der Waals surface area contributed by atoms with Gasteiger partial charge in [-0.05, 0) is 31.4 Å². The minimum atomic E-state index is -0.914. The van der Waals surface area contributed by atoms with E-state index in [0.29, 0.717) is 12.8 Å². The molecule has 0 atom stereocenters. The standard InChI is InChI=1S/C14H18N2O/c1-4-14(5-2,10-15)13(17)16-12-9-7-6-8-11(12)3/h6-9H,4-5H2,1-3H3,(H,16,17). The van der Waals surface area contributed by atoms with E-state index in [1.165, 1.54) is 0 Å². The highest BCUT2D eigenvalue weighted by molar-refractivity contribution is 5.97. The molecule has 0 spiro atoms. The van der Waals surface area contributed by atoms with E-state index in [4.69, 9.17) is 0 Å². The summed E-state index contributed by atoms with van der Waals surface area (Å²) >= 11 is 0. The van der Waals surface area contributed by atoms with E-state index in [2.05, 4.69) is 11.4 Å². The summed E-state index contributed by atoms with van der Waals surface area (Å²) in [6, 6.07) is 9.71. The first-order chi connectivity index (χ1) is 8.09. The van der Waals surface area contributed by atoms with E-state index in [1.54, 1.807) is 0 Å². The minimum Gasteiger partial charge on any atom is -0.324 e. The molecule has 0 saturated carbocycles. The van der Waals surface area contributed by atoms with Gasteiger partial charge in [-0.15, -0.1) is 0 Å². The van der Waals surface area contributed by atoms with Gasteiger partial charge in [0.15, 0.2) is 0 Å². The molecule has 0 bridgehead atoms. The topological polar surface area (TPSA) is 52.9 Å². The van der Waals surface area contributed by atoms with Gasteiger partial charge in [0.1, 0.15) is 5.41 Å². The van der Waals surface area contributed by atoms with Gasteiger partial charge < -0.3 is 5.32 Å². The Hall–Kier alpha value is -1.82. The van der Waals surface area contributed by atoms with Crippen molar-refractivity contribution in [2.45, 2.75) is 33.6 Å². The molecule has 1 aromatic carbocycles. The van der Waals surface area contributed by atoms with Gasteiger partial charge in [-0.1, -0.05) is 32.0 Å². The monoisotopic (exact) mass is 230 g/mol. The lowest BCUT2D eigenvalue weighted by Gasteiger charge is -2.22. The van der Waals surface area contributed by atoms with Gasteiger partial charge in [0, 0.05) is 5.69 Å². The van der Waals surface area contributed by atoms with Gasteiger partial charge >= 0.3 is 0 Å². The summed E-state index contributed by atoms with van der Waals surface area (Å²) in [5, 5.41) is 12.0. The van der Waals surface area contributed by atoms with Crippen molar-refractivity contribution in [3.05, 3.63) is 29.8 Å². The molecule has 3 nitrogen and oxygen atoms in total. The highest BCUT2D eigenvalue weighted by Crippen LogP contribution is 2.27. The summed E-state index contributed by atoms with van der Waals surface area (Å²) in [4.78, 5) is 12.1. The fraction of sp³-hybridized carbons (Fsp3) is 0.429. The fourth-order valence-electron chi connectivity index (χ4n) is 1.74. The lowest BCUT2D eigenvalue weighted by molar-refractivity contribution is -0.123. The van der Waals surface area contributed by atoms with Crippen LogP contribution in [0.15, 0.2) is 24.3 Å². The van der Waals surface area contributed by atoms with Crippen LogP contribution in [0.1, 0.15) is 32.3 Å². The summed E-state index contributed by atoms with van der Waals surface area (Å²) in [5.41, 5.74) is 0.862. The second kappa shape index (κ2) is 5.49. The summed E-state index contributed by atoms with van der Waals surface area (Å²) < 4.78 is 0. The SMILES string of the molecule is CCC(C#N)(CC)C(=O)Nc1ccccc1C. The van der Waals surface area contributed by atoms with Crippen LogP contribution in [0, 0.1) is 23.7 Å². The van der Waals surface area contributed by atoms with Crippen molar-refractivity contribution in [3.63, 3.8) is 0 Å². The van der Waals surface area contributed by atoms with Crippen molar-refractivity contribution in [2.24, 2.45) is 5.41 Å². The highest BCUT2D eigenvalue weighted by atomic mass is 16.2. The Bertz CT molecular complexity index is 442. The first-order valence-corrected chi connectivity index (χ1v) is 5.88. The quantitative estimate of drug-likeness (QED) is 0.863. The maximum atomic E-state index is 12.1. The van der Waals surface area contributed by atoms with Gasteiger partial charge in [0.05, 0.1) is 6.07 Å². The predicted molar refractivity (Wildman–Crippen MR) is 68.4 cm³/mol. The maximum absolute atomic E-state index is 12.1. The van der Waals surface area contributed by atoms with Crippen LogP contribution in [0.2, 0.25) is 0 Å². The summed E-state index contributed by atoms with van der Waals surface area (Å²) in [6.45, 7) is 5.66. The van der Waals surface area contributed by atoms with Crippen molar-refractivity contribution < 1.29 is 4.79 Å². The van der Waals surface area contributed by atoms with Crippen molar-refractivity contribution in [1.29, 1.82) is 5.26 Å². The molecule has 17 heavy (non-hydrogen) atoms. The number of anilines is 1. The number of nitrogens with one attached hydrogen (secondary N) is 1. The summed E-state index contributed by atoms with van der Waals surface area (Å²) in [7, 11) is 0. The van der Waals surface area contributed by atoms with Gasteiger partial charge in [-0.3, -0.25) is 4.79 Å². The number of carbonyl (C=O) groups excluding carboxylic acids is 1. The van der Waals surface area contributed by atoms with Crippen LogP contribution in [-0.4, -0.2) is 5.91 Å². The molecule has 0 aliphatic carbocycles. The molecular formula is C14H18N2O. The fourth-order valence-corrected chi connectivity index (χ4v) is 1.74. The number of nitrogens with zero attached hydrogens (tertiary/aromatic N) is 1. The molecule has 90 valence electrons. The Morgan fingerprint density at radius 3 is 2.41 bits per heavy atom. The molecule has 3 heteroatoms. The number of hydrogen-bond acceptors (Lipinski definition) is 2. The van der Waals surface area contributed by atoms with E-state index in [1.807, 2.05) is 45.0 Å². The lowest BCUT2D eigenvalue weighted by atomic mass is 9.83.